The fourth-order valence-corrected chi connectivity index (χ4v) is 3.15. The Hall–Kier alpha value is -0.610. The first-order valence-electron chi connectivity index (χ1n) is 6.72. The molecule has 1 atom stereocenters. The molecule has 2 heterocycles. The Balaban J connectivity index is 1.88. The molecule has 0 unspecified atom stereocenters. The molecule has 2 fully saturated rings. The highest BCUT2D eigenvalue weighted by Crippen LogP contribution is 2.39. The van der Waals surface area contributed by atoms with Gasteiger partial charge in [-0.2, -0.15) is 0 Å². The van der Waals surface area contributed by atoms with Crippen LogP contribution in [-0.4, -0.2) is 60.1 Å². The average Bonchev–Trinajstić information content (AvgIpc) is 2.70. The molecule has 17 heavy (non-hydrogen) atoms. The minimum atomic E-state index is -0.796. The molecular weight excluding hydrogens is 216 g/mol. The number of aliphatic hydroxyl groups excluding tert-OH is 1. The van der Waals surface area contributed by atoms with E-state index in [1.165, 1.54) is 19.5 Å². The van der Waals surface area contributed by atoms with Crippen molar-refractivity contribution in [3.63, 3.8) is 0 Å². The Bertz CT molecular complexity index is 285. The van der Waals surface area contributed by atoms with Crippen molar-refractivity contribution in [2.75, 3.05) is 33.2 Å². The van der Waals surface area contributed by atoms with Crippen molar-refractivity contribution in [1.82, 2.24) is 9.80 Å². The lowest BCUT2D eigenvalue weighted by molar-refractivity contribution is -0.142. The number of carbonyl (C=O) groups excluding carboxylic acids is 1. The van der Waals surface area contributed by atoms with E-state index in [1.807, 2.05) is 11.8 Å². The summed E-state index contributed by atoms with van der Waals surface area (Å²) < 4.78 is 0. The number of likely N-dealkylation sites (tertiary alicyclic amines) is 2. The minimum Gasteiger partial charge on any atom is -0.383 e. The quantitative estimate of drug-likeness (QED) is 0.773. The van der Waals surface area contributed by atoms with Crippen LogP contribution in [0.1, 0.15) is 32.6 Å². The maximum atomic E-state index is 11.9. The van der Waals surface area contributed by atoms with E-state index in [-0.39, 0.29) is 5.91 Å². The normalized spacial score (nSPS) is 26.4. The number of piperidine rings is 1. The molecule has 0 saturated carbocycles. The van der Waals surface area contributed by atoms with Gasteiger partial charge in [0.25, 0.3) is 5.91 Å². The van der Waals surface area contributed by atoms with Gasteiger partial charge in [0.1, 0.15) is 6.10 Å². The lowest BCUT2D eigenvalue weighted by atomic mass is 9.77. The van der Waals surface area contributed by atoms with E-state index in [4.69, 9.17) is 0 Å². The van der Waals surface area contributed by atoms with Crippen LogP contribution in [-0.2, 0) is 4.79 Å². The van der Waals surface area contributed by atoms with Crippen molar-refractivity contribution in [2.24, 2.45) is 5.41 Å². The Morgan fingerprint density at radius 2 is 1.88 bits per heavy atom. The van der Waals surface area contributed by atoms with Gasteiger partial charge in [-0.05, 0) is 44.7 Å². The average molecular weight is 240 g/mol. The molecule has 0 bridgehead atoms. The largest absolute Gasteiger partial charge is 0.383 e. The van der Waals surface area contributed by atoms with Gasteiger partial charge < -0.3 is 14.9 Å². The van der Waals surface area contributed by atoms with E-state index < -0.39 is 6.10 Å². The summed E-state index contributed by atoms with van der Waals surface area (Å²) in [6.45, 7) is 5.85. The Morgan fingerprint density at radius 3 is 2.35 bits per heavy atom. The van der Waals surface area contributed by atoms with Crippen molar-refractivity contribution in [1.29, 1.82) is 0 Å². The highest BCUT2D eigenvalue weighted by molar-refractivity contribution is 5.80. The Morgan fingerprint density at radius 1 is 1.29 bits per heavy atom. The summed E-state index contributed by atoms with van der Waals surface area (Å²) in [6, 6.07) is 0. The second-order valence-electron chi connectivity index (χ2n) is 5.74. The van der Waals surface area contributed by atoms with Crippen molar-refractivity contribution >= 4 is 5.91 Å². The van der Waals surface area contributed by atoms with Crippen LogP contribution in [0, 0.1) is 5.41 Å². The van der Waals surface area contributed by atoms with Gasteiger partial charge in [-0.15, -0.1) is 0 Å². The third-order valence-electron chi connectivity index (χ3n) is 4.44. The highest BCUT2D eigenvalue weighted by Gasteiger charge is 2.40. The van der Waals surface area contributed by atoms with Crippen LogP contribution >= 0.6 is 0 Å². The summed E-state index contributed by atoms with van der Waals surface area (Å²) in [5.74, 6) is -0.0753. The molecule has 98 valence electrons. The van der Waals surface area contributed by atoms with Gasteiger partial charge in [0.05, 0.1) is 0 Å². The SMILES string of the molecule is CC[C@@H](O)C(=O)N1CCC2(CCN(C)C2)CC1. The number of nitrogens with zero attached hydrogens (tertiary/aromatic N) is 2. The maximum absolute atomic E-state index is 11.9. The summed E-state index contributed by atoms with van der Waals surface area (Å²) in [5.41, 5.74) is 0.447. The van der Waals surface area contributed by atoms with Gasteiger partial charge in [0, 0.05) is 19.6 Å². The predicted octanol–water partition coefficient (Wildman–Crippen LogP) is 0.702. The van der Waals surface area contributed by atoms with E-state index in [9.17, 15) is 9.90 Å². The molecule has 2 aliphatic heterocycles. The second kappa shape index (κ2) is 4.94. The number of amides is 1. The third kappa shape index (κ3) is 2.63. The number of rotatable bonds is 2. The van der Waals surface area contributed by atoms with Crippen LogP contribution in [0.15, 0.2) is 0 Å². The van der Waals surface area contributed by atoms with E-state index in [1.54, 1.807) is 0 Å². The summed E-state index contributed by atoms with van der Waals surface area (Å²) in [7, 11) is 2.17. The topological polar surface area (TPSA) is 43.8 Å². The van der Waals surface area contributed by atoms with Crippen LogP contribution in [0.3, 0.4) is 0 Å². The number of aliphatic hydroxyl groups is 1. The number of hydrogen-bond acceptors (Lipinski definition) is 3. The molecule has 4 heteroatoms. The molecule has 2 aliphatic rings. The van der Waals surface area contributed by atoms with Crippen LogP contribution in [0.2, 0.25) is 0 Å². The number of carbonyl (C=O) groups is 1. The third-order valence-corrected chi connectivity index (χ3v) is 4.44. The molecule has 0 aromatic rings. The Kier molecular flexibility index (Phi) is 3.73. The summed E-state index contributed by atoms with van der Waals surface area (Å²) in [6.07, 6.45) is 3.18. The smallest absolute Gasteiger partial charge is 0.251 e. The zero-order valence-electron chi connectivity index (χ0n) is 11.0. The highest BCUT2D eigenvalue weighted by atomic mass is 16.3. The molecule has 0 radical (unpaired) electrons. The van der Waals surface area contributed by atoms with E-state index in [2.05, 4.69) is 11.9 Å². The number of hydrogen-bond donors (Lipinski definition) is 1. The first-order chi connectivity index (χ1) is 8.06. The lowest BCUT2D eigenvalue weighted by Crippen LogP contribution is -2.47. The summed E-state index contributed by atoms with van der Waals surface area (Å²) >= 11 is 0. The van der Waals surface area contributed by atoms with Gasteiger partial charge in [-0.25, -0.2) is 0 Å². The van der Waals surface area contributed by atoms with Crippen LogP contribution in [0.4, 0.5) is 0 Å². The van der Waals surface area contributed by atoms with Gasteiger partial charge in [0.15, 0.2) is 0 Å². The minimum absolute atomic E-state index is 0.0753. The van der Waals surface area contributed by atoms with Crippen molar-refractivity contribution in [2.45, 2.75) is 38.7 Å². The molecule has 0 aromatic heterocycles. The summed E-state index contributed by atoms with van der Waals surface area (Å²) in [4.78, 5) is 16.1. The van der Waals surface area contributed by atoms with Crippen LogP contribution < -0.4 is 0 Å². The standard InChI is InChI=1S/C13H24N2O2/c1-3-11(16)12(17)15-8-5-13(6-9-15)4-7-14(2)10-13/h11,16H,3-10H2,1-2H3/t11-/m1/s1. The second-order valence-corrected chi connectivity index (χ2v) is 5.74. The van der Waals surface area contributed by atoms with Gasteiger partial charge in [-0.3, -0.25) is 4.79 Å². The first-order valence-corrected chi connectivity index (χ1v) is 6.72. The first kappa shape index (κ1) is 12.8. The van der Waals surface area contributed by atoms with Crippen molar-refractivity contribution < 1.29 is 9.90 Å². The zero-order chi connectivity index (χ0) is 12.5. The molecule has 1 N–H and O–H groups in total. The molecule has 0 aliphatic carbocycles. The van der Waals surface area contributed by atoms with Crippen LogP contribution in [0.25, 0.3) is 0 Å². The van der Waals surface area contributed by atoms with Crippen molar-refractivity contribution in [3.05, 3.63) is 0 Å². The van der Waals surface area contributed by atoms with E-state index >= 15 is 0 Å². The molecule has 1 amide bonds. The fourth-order valence-electron chi connectivity index (χ4n) is 3.15. The molecule has 4 nitrogen and oxygen atoms in total. The van der Waals surface area contributed by atoms with E-state index in [0.717, 1.165) is 25.9 Å². The fraction of sp³-hybridized carbons (Fsp3) is 0.923. The zero-order valence-corrected chi connectivity index (χ0v) is 11.0. The predicted molar refractivity (Wildman–Crippen MR) is 66.7 cm³/mol. The van der Waals surface area contributed by atoms with E-state index in [0.29, 0.717) is 11.8 Å². The van der Waals surface area contributed by atoms with Gasteiger partial charge >= 0.3 is 0 Å². The monoisotopic (exact) mass is 240 g/mol. The molecule has 1 spiro atoms. The molecule has 0 aromatic carbocycles. The van der Waals surface area contributed by atoms with Crippen LogP contribution in [0.5, 0.6) is 0 Å². The van der Waals surface area contributed by atoms with Crippen molar-refractivity contribution in [3.8, 4) is 0 Å². The molecule has 2 saturated heterocycles. The van der Waals surface area contributed by atoms with Gasteiger partial charge in [-0.1, -0.05) is 6.92 Å². The summed E-state index contributed by atoms with van der Waals surface area (Å²) in [5, 5.41) is 9.58. The Labute approximate surface area is 104 Å². The maximum Gasteiger partial charge on any atom is 0.251 e. The lowest BCUT2D eigenvalue weighted by Gasteiger charge is -2.39. The molecular formula is C13H24N2O2. The molecule has 2 rings (SSSR count). The van der Waals surface area contributed by atoms with Gasteiger partial charge in [0.2, 0.25) is 0 Å².